The molecule has 0 spiro atoms. The number of hydrogen-bond donors (Lipinski definition) is 1. The van der Waals surface area contributed by atoms with Crippen molar-refractivity contribution in [1.29, 1.82) is 0 Å². The molecule has 0 aromatic rings. The number of allylic oxidation sites excluding steroid dienone is 1. The monoisotopic (exact) mass is 408 g/mol. The number of ketones is 3. The van der Waals surface area contributed by atoms with Crippen LogP contribution in [0.4, 0.5) is 8.78 Å². The Morgan fingerprint density at radius 2 is 1.83 bits per heavy atom. The van der Waals surface area contributed by atoms with Gasteiger partial charge in [0.25, 0.3) is 0 Å². The zero-order chi connectivity index (χ0) is 21.5. The zero-order valence-corrected chi connectivity index (χ0v) is 16.8. The van der Waals surface area contributed by atoms with Crippen LogP contribution in [0.2, 0.25) is 0 Å². The molecule has 0 bridgehead atoms. The van der Waals surface area contributed by atoms with Crippen LogP contribution in [0.15, 0.2) is 11.6 Å². The highest BCUT2D eigenvalue weighted by Crippen LogP contribution is 2.69. The Balaban J connectivity index is 1.84. The third kappa shape index (κ3) is 2.36. The first-order valence-electron chi connectivity index (χ1n) is 10.3. The molecule has 4 aliphatic rings. The highest BCUT2D eigenvalue weighted by Gasteiger charge is 2.74. The number of carbonyl (C=O) groups is 4. The van der Waals surface area contributed by atoms with E-state index in [0.717, 1.165) is 0 Å². The van der Waals surface area contributed by atoms with E-state index in [1.54, 1.807) is 20.8 Å². The summed E-state index contributed by atoms with van der Waals surface area (Å²) in [5, 5.41) is 9.27. The quantitative estimate of drug-likeness (QED) is 0.709. The molecule has 4 rings (SSSR count). The van der Waals surface area contributed by atoms with E-state index in [1.165, 1.54) is 6.08 Å². The smallest absolute Gasteiger partial charge is 0.372 e. The number of rotatable bonds is 2. The highest BCUT2D eigenvalue weighted by atomic mass is 19.1. The molecule has 29 heavy (non-hydrogen) atoms. The molecule has 1 N–H and O–H groups in total. The first kappa shape index (κ1) is 20.4. The van der Waals surface area contributed by atoms with Gasteiger partial charge in [0.1, 0.15) is 6.17 Å². The molecule has 0 radical (unpaired) electrons. The van der Waals surface area contributed by atoms with E-state index in [2.05, 4.69) is 0 Å². The Morgan fingerprint density at radius 3 is 2.45 bits per heavy atom. The van der Waals surface area contributed by atoms with E-state index in [9.17, 15) is 24.3 Å². The Labute approximate surface area is 167 Å². The Hall–Kier alpha value is -1.92. The lowest BCUT2D eigenvalue weighted by Crippen LogP contribution is -2.67. The van der Waals surface area contributed by atoms with Gasteiger partial charge in [0, 0.05) is 30.1 Å². The minimum absolute atomic E-state index is 0.0663. The van der Waals surface area contributed by atoms with E-state index in [1.807, 2.05) is 0 Å². The summed E-state index contributed by atoms with van der Waals surface area (Å²) in [7, 11) is 0. The summed E-state index contributed by atoms with van der Waals surface area (Å²) in [6.07, 6.45) is -0.294. The fourth-order valence-electron chi connectivity index (χ4n) is 7.34. The lowest BCUT2D eigenvalue weighted by molar-refractivity contribution is -0.178. The summed E-state index contributed by atoms with van der Waals surface area (Å²) in [5.74, 6) is -6.08. The Kier molecular flexibility index (Phi) is 4.25. The molecular weight excluding hydrogens is 382 g/mol. The van der Waals surface area contributed by atoms with Gasteiger partial charge in [0.2, 0.25) is 5.78 Å². The summed E-state index contributed by atoms with van der Waals surface area (Å²) in [5.41, 5.74) is -4.63. The highest BCUT2D eigenvalue weighted by molar-refractivity contribution is 6.34. The lowest BCUT2D eigenvalue weighted by Gasteiger charge is -2.60. The van der Waals surface area contributed by atoms with E-state index >= 15 is 8.78 Å². The van der Waals surface area contributed by atoms with Gasteiger partial charge < -0.3 is 5.11 Å². The number of halogens is 2. The van der Waals surface area contributed by atoms with Crippen LogP contribution in [0.25, 0.3) is 0 Å². The number of carboxylic acid groups (broad SMARTS) is 1. The van der Waals surface area contributed by atoms with Crippen molar-refractivity contribution >= 4 is 23.3 Å². The van der Waals surface area contributed by atoms with E-state index in [4.69, 9.17) is 0 Å². The molecule has 2 unspecified atom stereocenters. The molecule has 0 saturated heterocycles. The second kappa shape index (κ2) is 6.05. The van der Waals surface area contributed by atoms with E-state index in [0.29, 0.717) is 6.42 Å². The molecule has 5 nitrogen and oxygen atoms in total. The van der Waals surface area contributed by atoms with Crippen molar-refractivity contribution in [3.05, 3.63) is 11.6 Å². The van der Waals surface area contributed by atoms with Gasteiger partial charge in [-0.25, -0.2) is 13.6 Å². The van der Waals surface area contributed by atoms with Crippen molar-refractivity contribution in [2.24, 2.45) is 34.5 Å². The molecule has 0 aliphatic heterocycles. The van der Waals surface area contributed by atoms with Crippen molar-refractivity contribution < 1.29 is 33.1 Å². The van der Waals surface area contributed by atoms with Gasteiger partial charge in [-0.15, -0.1) is 0 Å². The molecular formula is C22H26F2O5. The molecule has 0 aromatic heterocycles. The molecule has 7 heteroatoms. The number of carboxylic acids is 1. The second-order valence-corrected chi connectivity index (χ2v) is 9.99. The number of hydrogen-bond acceptors (Lipinski definition) is 4. The summed E-state index contributed by atoms with van der Waals surface area (Å²) in [4.78, 5) is 49.0. The largest absolute Gasteiger partial charge is 0.475 e. The number of carbonyl (C=O) groups excluding carboxylic acids is 3. The maximum Gasteiger partial charge on any atom is 0.372 e. The first-order valence-corrected chi connectivity index (χ1v) is 10.3. The summed E-state index contributed by atoms with van der Waals surface area (Å²) < 4.78 is 32.0. The maximum absolute atomic E-state index is 16.8. The number of alkyl halides is 2. The van der Waals surface area contributed by atoms with E-state index in [-0.39, 0.29) is 43.0 Å². The molecule has 4 aliphatic carbocycles. The number of Topliss-reactive ketones (excluding diaryl/α,β-unsaturated/α-hetero) is 2. The Morgan fingerprint density at radius 1 is 1.17 bits per heavy atom. The van der Waals surface area contributed by atoms with Crippen molar-refractivity contribution in [2.75, 3.05) is 0 Å². The van der Waals surface area contributed by atoms with E-state index < -0.39 is 58.0 Å². The van der Waals surface area contributed by atoms with Gasteiger partial charge >= 0.3 is 5.97 Å². The number of aliphatic carboxylic acids is 1. The SMILES string of the molecule is CC1C[C@H]2[C@@H]3CC(F)C4=CC(=O)CC[C@]4(C)[C@@]3(F)C(=O)C[C@]2(C)[C@H]1C(=O)C(=O)O. The standard InChI is InChI=1S/C22H26F2O5/c1-10-6-12-13-8-15(23)14-7-11(25)4-5-21(14,3)22(13,24)16(26)9-20(12,2)17(10)18(27)19(28)29/h7,10,12-13,15,17H,4-6,8-9H2,1-3H3,(H,28,29)/t10?,12-,13-,15?,17+,20-,21-,22-/m0/s1. The predicted molar refractivity (Wildman–Crippen MR) is 98.4 cm³/mol. The van der Waals surface area contributed by atoms with Crippen LogP contribution in [0.3, 0.4) is 0 Å². The second-order valence-electron chi connectivity index (χ2n) is 9.99. The van der Waals surface area contributed by atoms with Crippen LogP contribution in [-0.2, 0) is 19.2 Å². The van der Waals surface area contributed by atoms with Gasteiger partial charge in [0.05, 0.1) is 0 Å². The van der Waals surface area contributed by atoms with Gasteiger partial charge in [-0.2, -0.15) is 0 Å². The summed E-state index contributed by atoms with van der Waals surface area (Å²) in [6, 6.07) is 0. The molecule has 3 saturated carbocycles. The van der Waals surface area contributed by atoms with Crippen LogP contribution < -0.4 is 0 Å². The normalized spacial score (nSPS) is 49.0. The molecule has 0 amide bonds. The lowest BCUT2D eigenvalue weighted by atomic mass is 9.44. The Bertz CT molecular complexity index is 865. The van der Waals surface area contributed by atoms with Crippen LogP contribution in [0, 0.1) is 34.5 Å². The van der Waals surface area contributed by atoms with Crippen LogP contribution in [0.5, 0.6) is 0 Å². The average Bonchev–Trinajstić information content (AvgIpc) is 2.89. The first-order chi connectivity index (χ1) is 13.4. The van der Waals surface area contributed by atoms with Crippen LogP contribution in [-0.4, -0.2) is 40.3 Å². The topological polar surface area (TPSA) is 88.5 Å². The minimum atomic E-state index is -2.31. The van der Waals surface area contributed by atoms with Crippen LogP contribution in [0.1, 0.15) is 52.9 Å². The molecule has 158 valence electrons. The van der Waals surface area contributed by atoms with Crippen molar-refractivity contribution in [3.63, 3.8) is 0 Å². The zero-order valence-electron chi connectivity index (χ0n) is 16.8. The third-order valence-corrected chi connectivity index (χ3v) is 8.62. The molecule has 0 heterocycles. The fourth-order valence-corrected chi connectivity index (χ4v) is 7.34. The van der Waals surface area contributed by atoms with Crippen LogP contribution >= 0.6 is 0 Å². The predicted octanol–water partition coefficient (Wildman–Crippen LogP) is 3.25. The van der Waals surface area contributed by atoms with Crippen molar-refractivity contribution in [1.82, 2.24) is 0 Å². The average molecular weight is 408 g/mol. The van der Waals surface area contributed by atoms with Gasteiger partial charge in [0.15, 0.2) is 17.2 Å². The van der Waals surface area contributed by atoms with Crippen molar-refractivity contribution in [3.8, 4) is 0 Å². The van der Waals surface area contributed by atoms with Gasteiger partial charge in [-0.1, -0.05) is 20.8 Å². The molecule has 0 aromatic carbocycles. The van der Waals surface area contributed by atoms with Crippen molar-refractivity contribution in [2.45, 2.75) is 64.7 Å². The van der Waals surface area contributed by atoms with Gasteiger partial charge in [-0.3, -0.25) is 14.4 Å². The maximum atomic E-state index is 16.8. The molecule has 3 fully saturated rings. The summed E-state index contributed by atoms with van der Waals surface area (Å²) in [6.45, 7) is 4.99. The fraction of sp³-hybridized carbons (Fsp3) is 0.727. The number of fused-ring (bicyclic) bond motifs is 5. The molecule has 8 atom stereocenters. The summed E-state index contributed by atoms with van der Waals surface area (Å²) >= 11 is 0. The minimum Gasteiger partial charge on any atom is -0.475 e. The van der Waals surface area contributed by atoms with Gasteiger partial charge in [-0.05, 0) is 48.2 Å². The third-order valence-electron chi connectivity index (χ3n) is 8.62.